The largest absolute Gasteiger partial charge is 0.481 e. The molecule has 2 bridgehead atoms. The Labute approximate surface area is 332 Å². The third-order valence-electron chi connectivity index (χ3n) is 9.97. The average Bonchev–Trinajstić information content (AvgIpc) is 3.63. The molecule has 2 aliphatic rings. The van der Waals surface area contributed by atoms with Crippen LogP contribution < -0.4 is 31.9 Å². The van der Waals surface area contributed by atoms with Crippen LogP contribution >= 0.6 is 0 Å². The Morgan fingerprint density at radius 3 is 2.18 bits per heavy atom. The van der Waals surface area contributed by atoms with E-state index >= 15 is 0 Å². The molecular weight excluding hydrogens is 736 g/mol. The molecule has 57 heavy (non-hydrogen) atoms. The van der Waals surface area contributed by atoms with Crippen molar-refractivity contribution in [3.63, 3.8) is 0 Å². The highest BCUT2D eigenvalue weighted by Crippen LogP contribution is 2.27. The fraction of sp³-hybridized carbons (Fsp3) is 0.550. The molecule has 1 aromatic heterocycles. The predicted octanol–water partition coefficient (Wildman–Crippen LogP) is 0.458. The van der Waals surface area contributed by atoms with Crippen molar-refractivity contribution in [1.29, 1.82) is 0 Å². The van der Waals surface area contributed by atoms with Crippen molar-refractivity contribution in [2.24, 2.45) is 11.8 Å². The van der Waals surface area contributed by atoms with Crippen LogP contribution in [0.2, 0.25) is 0 Å². The van der Waals surface area contributed by atoms with E-state index in [1.807, 2.05) is 27.7 Å². The number of pyridine rings is 1. The molecule has 4 rings (SSSR count). The molecule has 0 aliphatic carbocycles. The number of carboxylic acid groups (broad SMARTS) is 1. The number of aromatic nitrogens is 1. The molecule has 8 N–H and O–H groups in total. The van der Waals surface area contributed by atoms with Gasteiger partial charge in [0.25, 0.3) is 5.91 Å². The van der Waals surface area contributed by atoms with E-state index < -0.39 is 84.3 Å². The summed E-state index contributed by atoms with van der Waals surface area (Å²) in [4.78, 5) is 101. The van der Waals surface area contributed by atoms with Crippen LogP contribution in [0, 0.1) is 11.8 Å². The number of aliphatic hydroxyl groups excluding tert-OH is 1. The standard InChI is InChI=1S/C40H56N8O9/c1-21(2)16-29-36(53)46-30(18-32(50)51)37(54)47-33(24(6)49)39(56)44-23(5)34(40(57)42-19-22(3)4)48-15-7-8-31(48)38(55)43-20-27-17-26(35(52)45-29)9-10-28(27)25-11-13-41-14-12-25/h9-14,17,21-24,29-31,33-34,49H,7-8,15-16,18-20H2,1-6H3,(H,42,57)(H,43,55)(H,44,56)(H,45,52)(H,46,53)(H,47,54)(H,50,51)/t23-,24+,29-,30-,31-,33-,34-/m0/s1. The summed E-state index contributed by atoms with van der Waals surface area (Å²) in [5.74, 6) is -5.70. The van der Waals surface area contributed by atoms with Crippen LogP contribution in [0.25, 0.3) is 11.1 Å². The molecule has 6 amide bonds. The van der Waals surface area contributed by atoms with Crippen molar-refractivity contribution in [2.45, 2.75) is 116 Å². The van der Waals surface area contributed by atoms with Gasteiger partial charge in [-0.3, -0.25) is 43.4 Å². The van der Waals surface area contributed by atoms with E-state index in [0.29, 0.717) is 37.1 Å². The molecule has 0 spiro atoms. The van der Waals surface area contributed by atoms with Gasteiger partial charge in [0, 0.05) is 31.0 Å². The minimum Gasteiger partial charge on any atom is -0.481 e. The van der Waals surface area contributed by atoms with Gasteiger partial charge in [0.1, 0.15) is 24.2 Å². The number of hydrogen-bond acceptors (Lipinski definition) is 10. The number of hydrogen-bond donors (Lipinski definition) is 8. The molecule has 310 valence electrons. The molecular formula is C40H56N8O9. The fourth-order valence-electron chi connectivity index (χ4n) is 7.13. The summed E-state index contributed by atoms with van der Waals surface area (Å²) >= 11 is 0. The Morgan fingerprint density at radius 1 is 0.860 bits per heavy atom. The van der Waals surface area contributed by atoms with Crippen molar-refractivity contribution >= 4 is 41.4 Å². The number of carbonyl (C=O) groups excluding carboxylic acids is 6. The van der Waals surface area contributed by atoms with Gasteiger partial charge in [-0.05, 0) is 92.4 Å². The third-order valence-corrected chi connectivity index (χ3v) is 9.97. The van der Waals surface area contributed by atoms with Gasteiger partial charge in [0.05, 0.1) is 24.6 Å². The van der Waals surface area contributed by atoms with E-state index in [0.717, 1.165) is 5.56 Å². The summed E-state index contributed by atoms with van der Waals surface area (Å²) < 4.78 is 0. The van der Waals surface area contributed by atoms with E-state index in [-0.39, 0.29) is 36.3 Å². The second-order valence-electron chi connectivity index (χ2n) is 15.6. The maximum atomic E-state index is 14.1. The van der Waals surface area contributed by atoms with Crippen LogP contribution in [-0.4, -0.2) is 117 Å². The quantitative estimate of drug-likeness (QED) is 0.173. The second kappa shape index (κ2) is 20.1. The SMILES string of the molecule is CC(C)CNC(=O)[C@@H]1[C@H](C)NC(=O)[C@H]([C@@H](C)O)NC(=O)[C@H](CC(=O)O)NC(=O)[C@H](CC(C)C)NC(=O)c2ccc(-c3ccncc3)c(c2)CNC(=O)[C@@H]2CCCN12. The lowest BCUT2D eigenvalue weighted by Gasteiger charge is -2.36. The normalized spacial score (nSPS) is 24.9. The summed E-state index contributed by atoms with van der Waals surface area (Å²) in [6.45, 7) is 11.0. The van der Waals surface area contributed by atoms with E-state index in [4.69, 9.17) is 0 Å². The number of nitrogens with one attached hydrogen (secondary N) is 6. The third kappa shape index (κ3) is 12.0. The van der Waals surface area contributed by atoms with Crippen LogP contribution in [0.3, 0.4) is 0 Å². The zero-order valence-corrected chi connectivity index (χ0v) is 33.3. The van der Waals surface area contributed by atoms with Gasteiger partial charge >= 0.3 is 5.97 Å². The minimum absolute atomic E-state index is 0.00488. The average molecular weight is 793 g/mol. The maximum Gasteiger partial charge on any atom is 0.305 e. The molecule has 1 fully saturated rings. The zero-order valence-electron chi connectivity index (χ0n) is 33.3. The van der Waals surface area contributed by atoms with Gasteiger partial charge in [-0.15, -0.1) is 0 Å². The summed E-state index contributed by atoms with van der Waals surface area (Å²) in [5.41, 5.74) is 2.24. The number of nitrogens with zero attached hydrogens (tertiary/aromatic N) is 2. The highest BCUT2D eigenvalue weighted by Gasteiger charge is 2.43. The monoisotopic (exact) mass is 792 g/mol. The van der Waals surface area contributed by atoms with Crippen molar-refractivity contribution in [3.05, 3.63) is 53.9 Å². The Kier molecular flexibility index (Phi) is 15.6. The lowest BCUT2D eigenvalue weighted by molar-refractivity contribution is -0.141. The summed E-state index contributed by atoms with van der Waals surface area (Å²) in [5, 5.41) is 36.5. The lowest BCUT2D eigenvalue weighted by atomic mass is 9.97. The smallest absolute Gasteiger partial charge is 0.305 e. The first-order chi connectivity index (χ1) is 27.0. The van der Waals surface area contributed by atoms with Gasteiger partial charge in [0.15, 0.2) is 0 Å². The molecule has 2 aliphatic heterocycles. The van der Waals surface area contributed by atoms with E-state index in [9.17, 15) is 43.8 Å². The number of amides is 6. The van der Waals surface area contributed by atoms with Crippen molar-refractivity contribution in [1.82, 2.24) is 41.8 Å². The van der Waals surface area contributed by atoms with Gasteiger partial charge < -0.3 is 42.1 Å². The Balaban J connectivity index is 1.82. The molecule has 0 unspecified atom stereocenters. The van der Waals surface area contributed by atoms with Gasteiger partial charge in [-0.1, -0.05) is 33.8 Å². The Bertz CT molecular complexity index is 1790. The first-order valence-electron chi connectivity index (χ1n) is 19.4. The predicted molar refractivity (Wildman–Crippen MR) is 209 cm³/mol. The molecule has 2 aromatic rings. The summed E-state index contributed by atoms with van der Waals surface area (Å²) in [7, 11) is 0. The molecule has 0 radical (unpaired) electrons. The van der Waals surface area contributed by atoms with Gasteiger partial charge in [-0.2, -0.15) is 0 Å². The van der Waals surface area contributed by atoms with Crippen molar-refractivity contribution in [3.8, 4) is 11.1 Å². The van der Waals surface area contributed by atoms with E-state index in [1.165, 1.54) is 6.92 Å². The first-order valence-corrected chi connectivity index (χ1v) is 19.4. The van der Waals surface area contributed by atoms with E-state index in [1.54, 1.807) is 54.5 Å². The Morgan fingerprint density at radius 2 is 1.54 bits per heavy atom. The minimum atomic E-state index is -1.70. The number of rotatable bonds is 9. The van der Waals surface area contributed by atoms with E-state index in [2.05, 4.69) is 36.9 Å². The van der Waals surface area contributed by atoms with Crippen LogP contribution in [0.5, 0.6) is 0 Å². The lowest BCUT2D eigenvalue weighted by Crippen LogP contribution is -2.64. The van der Waals surface area contributed by atoms with Crippen LogP contribution in [0.4, 0.5) is 0 Å². The van der Waals surface area contributed by atoms with Gasteiger partial charge in [0.2, 0.25) is 29.5 Å². The first kappa shape index (κ1) is 44.3. The molecule has 17 nitrogen and oxygen atoms in total. The van der Waals surface area contributed by atoms with Gasteiger partial charge in [-0.25, -0.2) is 0 Å². The highest BCUT2D eigenvalue weighted by atomic mass is 16.4. The van der Waals surface area contributed by atoms with Crippen molar-refractivity contribution < 1.29 is 43.8 Å². The number of aliphatic carboxylic acids is 1. The summed E-state index contributed by atoms with van der Waals surface area (Å²) in [6, 6.07) is 1.17. The number of carbonyl (C=O) groups is 7. The molecule has 17 heteroatoms. The number of fused-ring (bicyclic) bond motifs is 3. The molecule has 1 aromatic carbocycles. The second-order valence-corrected chi connectivity index (χ2v) is 15.6. The molecule has 1 saturated heterocycles. The van der Waals surface area contributed by atoms with Crippen LogP contribution in [-0.2, 0) is 35.3 Å². The topological polar surface area (TPSA) is 248 Å². The van der Waals surface area contributed by atoms with Crippen molar-refractivity contribution in [2.75, 3.05) is 13.1 Å². The zero-order chi connectivity index (χ0) is 42.0. The fourth-order valence-corrected chi connectivity index (χ4v) is 7.13. The highest BCUT2D eigenvalue weighted by molar-refractivity contribution is 6.00. The molecule has 3 heterocycles. The molecule has 7 atom stereocenters. The molecule has 0 saturated carbocycles. The number of aliphatic hydroxyl groups is 1. The number of carboxylic acids is 1. The summed E-state index contributed by atoms with van der Waals surface area (Å²) in [6.07, 6.45) is 1.97. The van der Waals surface area contributed by atoms with Crippen LogP contribution in [0.15, 0.2) is 42.7 Å². The number of benzene rings is 1. The maximum absolute atomic E-state index is 14.1. The van der Waals surface area contributed by atoms with Crippen LogP contribution in [0.1, 0.15) is 83.1 Å². The Hall–Kier alpha value is -5.42.